The lowest BCUT2D eigenvalue weighted by molar-refractivity contribution is -0.135. The fourth-order valence-corrected chi connectivity index (χ4v) is 3.25. The van der Waals surface area contributed by atoms with Crippen molar-refractivity contribution in [3.8, 4) is 0 Å². The zero-order valence-electron chi connectivity index (χ0n) is 14.6. The van der Waals surface area contributed by atoms with Crippen molar-refractivity contribution in [3.63, 3.8) is 0 Å². The van der Waals surface area contributed by atoms with Gasteiger partial charge >= 0.3 is 0 Å². The van der Waals surface area contributed by atoms with Gasteiger partial charge in [-0.15, -0.1) is 0 Å². The van der Waals surface area contributed by atoms with Crippen molar-refractivity contribution in [2.24, 2.45) is 0 Å². The first kappa shape index (κ1) is 16.4. The van der Waals surface area contributed by atoms with Gasteiger partial charge in [-0.05, 0) is 36.8 Å². The molecule has 5 heteroatoms. The van der Waals surface area contributed by atoms with Crippen LogP contribution < -0.4 is 0 Å². The van der Waals surface area contributed by atoms with Crippen molar-refractivity contribution >= 4 is 22.8 Å². The predicted octanol–water partition coefficient (Wildman–Crippen LogP) is 3.23. The Hall–Kier alpha value is -3.08. The second-order valence-corrected chi connectivity index (χ2v) is 6.70. The summed E-state index contributed by atoms with van der Waals surface area (Å²) in [5.41, 5.74) is 3.64. The molecule has 1 saturated heterocycles. The van der Waals surface area contributed by atoms with Gasteiger partial charge in [0.25, 0.3) is 5.91 Å². The molecule has 0 spiro atoms. The molecule has 26 heavy (non-hydrogen) atoms. The molecule has 0 saturated carbocycles. The standard InChI is InChI=1S/C21H20N2O3/c1-15-2-4-16(5-3-15)13-22-9-10-23(14-20(22)24)21(25)18-6-7-19-17(12-18)8-11-26-19/h2-8,11-12H,9-10,13-14H2,1H3. The van der Waals surface area contributed by atoms with Crippen LogP contribution in [0.15, 0.2) is 59.2 Å². The largest absolute Gasteiger partial charge is 0.464 e. The molecule has 0 bridgehead atoms. The van der Waals surface area contributed by atoms with Gasteiger partial charge in [-0.25, -0.2) is 0 Å². The van der Waals surface area contributed by atoms with Gasteiger partial charge in [0.15, 0.2) is 0 Å². The Kier molecular flexibility index (Phi) is 4.21. The fourth-order valence-electron chi connectivity index (χ4n) is 3.25. The summed E-state index contributed by atoms with van der Waals surface area (Å²) in [6.45, 7) is 3.84. The maximum Gasteiger partial charge on any atom is 0.254 e. The van der Waals surface area contributed by atoms with Crippen LogP contribution in [0.3, 0.4) is 0 Å². The number of hydrogen-bond donors (Lipinski definition) is 0. The molecule has 0 atom stereocenters. The number of carbonyl (C=O) groups is 2. The van der Waals surface area contributed by atoms with Crippen molar-refractivity contribution in [3.05, 3.63) is 71.5 Å². The molecule has 2 aromatic carbocycles. The van der Waals surface area contributed by atoms with E-state index in [0.29, 0.717) is 25.2 Å². The number of amides is 2. The van der Waals surface area contributed by atoms with Gasteiger partial charge in [-0.1, -0.05) is 29.8 Å². The van der Waals surface area contributed by atoms with Gasteiger partial charge in [-0.2, -0.15) is 0 Å². The lowest BCUT2D eigenvalue weighted by Gasteiger charge is -2.34. The Bertz CT molecular complexity index is 959. The van der Waals surface area contributed by atoms with E-state index in [2.05, 4.69) is 0 Å². The maximum atomic E-state index is 12.7. The summed E-state index contributed by atoms with van der Waals surface area (Å²) in [6.07, 6.45) is 1.60. The molecule has 0 unspecified atom stereocenters. The number of benzene rings is 2. The van der Waals surface area contributed by atoms with E-state index < -0.39 is 0 Å². The van der Waals surface area contributed by atoms with Gasteiger partial charge in [0.2, 0.25) is 5.91 Å². The monoisotopic (exact) mass is 348 g/mol. The van der Waals surface area contributed by atoms with Gasteiger partial charge in [0.05, 0.1) is 6.26 Å². The summed E-state index contributed by atoms with van der Waals surface area (Å²) < 4.78 is 5.31. The first-order valence-electron chi connectivity index (χ1n) is 8.70. The second kappa shape index (κ2) is 6.67. The van der Waals surface area contributed by atoms with Gasteiger partial charge < -0.3 is 14.2 Å². The molecular weight excluding hydrogens is 328 g/mol. The van der Waals surface area contributed by atoms with Crippen molar-refractivity contribution < 1.29 is 14.0 Å². The maximum absolute atomic E-state index is 12.7. The SMILES string of the molecule is Cc1ccc(CN2CCN(C(=O)c3ccc4occc4c3)CC2=O)cc1. The van der Waals surface area contributed by atoms with Crippen LogP contribution in [0.2, 0.25) is 0 Å². The Balaban J connectivity index is 1.43. The smallest absolute Gasteiger partial charge is 0.254 e. The third kappa shape index (κ3) is 3.20. The molecule has 2 amide bonds. The lowest BCUT2D eigenvalue weighted by Crippen LogP contribution is -2.51. The van der Waals surface area contributed by atoms with Crippen LogP contribution in [0, 0.1) is 6.92 Å². The van der Waals surface area contributed by atoms with E-state index in [1.807, 2.05) is 48.2 Å². The van der Waals surface area contributed by atoms with Crippen LogP contribution in [-0.2, 0) is 11.3 Å². The fraction of sp³-hybridized carbons (Fsp3) is 0.238. The number of carbonyl (C=O) groups excluding carboxylic acids is 2. The summed E-state index contributed by atoms with van der Waals surface area (Å²) in [7, 11) is 0. The summed E-state index contributed by atoms with van der Waals surface area (Å²) in [5.74, 6) is -0.133. The number of aryl methyl sites for hydroxylation is 1. The minimum Gasteiger partial charge on any atom is -0.464 e. The zero-order chi connectivity index (χ0) is 18.1. The highest BCUT2D eigenvalue weighted by Gasteiger charge is 2.27. The highest BCUT2D eigenvalue weighted by Crippen LogP contribution is 2.19. The summed E-state index contributed by atoms with van der Waals surface area (Å²) >= 11 is 0. The van der Waals surface area contributed by atoms with Gasteiger partial charge in [-0.3, -0.25) is 9.59 Å². The molecule has 1 aliphatic rings. The molecule has 0 radical (unpaired) electrons. The van der Waals surface area contributed by atoms with Crippen molar-refractivity contribution in [2.45, 2.75) is 13.5 Å². The Morgan fingerprint density at radius 1 is 1.08 bits per heavy atom. The summed E-state index contributed by atoms with van der Waals surface area (Å²) in [5, 5.41) is 0.889. The van der Waals surface area contributed by atoms with Gasteiger partial charge in [0.1, 0.15) is 12.1 Å². The average Bonchev–Trinajstić information content (AvgIpc) is 3.12. The molecule has 2 heterocycles. The number of nitrogens with zero attached hydrogens (tertiary/aromatic N) is 2. The van der Waals surface area contributed by atoms with Crippen LogP contribution in [0.4, 0.5) is 0 Å². The molecule has 1 fully saturated rings. The molecular formula is C21H20N2O3. The molecule has 1 aromatic heterocycles. The molecule has 5 nitrogen and oxygen atoms in total. The molecule has 3 aromatic rings. The van der Waals surface area contributed by atoms with Crippen LogP contribution in [-0.4, -0.2) is 41.2 Å². The van der Waals surface area contributed by atoms with E-state index in [1.54, 1.807) is 23.3 Å². The molecule has 0 aliphatic carbocycles. The Morgan fingerprint density at radius 2 is 1.88 bits per heavy atom. The van der Waals surface area contributed by atoms with E-state index in [0.717, 1.165) is 16.5 Å². The molecule has 4 rings (SSSR count). The molecule has 0 N–H and O–H groups in total. The first-order chi connectivity index (χ1) is 12.6. The Morgan fingerprint density at radius 3 is 2.65 bits per heavy atom. The van der Waals surface area contributed by atoms with Crippen molar-refractivity contribution in [2.75, 3.05) is 19.6 Å². The zero-order valence-corrected chi connectivity index (χ0v) is 14.6. The van der Waals surface area contributed by atoms with Crippen LogP contribution >= 0.6 is 0 Å². The number of hydrogen-bond acceptors (Lipinski definition) is 3. The second-order valence-electron chi connectivity index (χ2n) is 6.70. The van der Waals surface area contributed by atoms with Crippen LogP contribution in [0.5, 0.6) is 0 Å². The van der Waals surface area contributed by atoms with E-state index in [4.69, 9.17) is 4.42 Å². The molecule has 1 aliphatic heterocycles. The normalized spacial score (nSPS) is 14.9. The van der Waals surface area contributed by atoms with E-state index >= 15 is 0 Å². The Labute approximate surface area is 151 Å². The van der Waals surface area contributed by atoms with Gasteiger partial charge in [0, 0.05) is 30.6 Å². The minimum atomic E-state index is -0.114. The summed E-state index contributed by atoms with van der Waals surface area (Å²) in [6, 6.07) is 15.4. The predicted molar refractivity (Wildman–Crippen MR) is 98.7 cm³/mol. The van der Waals surface area contributed by atoms with Crippen LogP contribution in [0.1, 0.15) is 21.5 Å². The number of rotatable bonds is 3. The third-order valence-corrected chi connectivity index (χ3v) is 4.80. The molecule has 132 valence electrons. The topological polar surface area (TPSA) is 53.8 Å². The highest BCUT2D eigenvalue weighted by atomic mass is 16.3. The van der Waals surface area contributed by atoms with Crippen molar-refractivity contribution in [1.82, 2.24) is 9.80 Å². The highest BCUT2D eigenvalue weighted by molar-refractivity contribution is 5.99. The number of furan rings is 1. The third-order valence-electron chi connectivity index (χ3n) is 4.80. The first-order valence-corrected chi connectivity index (χ1v) is 8.70. The minimum absolute atomic E-state index is 0.0189. The van der Waals surface area contributed by atoms with E-state index in [-0.39, 0.29) is 18.4 Å². The number of fused-ring (bicyclic) bond motifs is 1. The van der Waals surface area contributed by atoms with Crippen molar-refractivity contribution in [1.29, 1.82) is 0 Å². The van der Waals surface area contributed by atoms with Crippen LogP contribution in [0.25, 0.3) is 11.0 Å². The average molecular weight is 348 g/mol. The number of piperazine rings is 1. The van der Waals surface area contributed by atoms with E-state index in [1.165, 1.54) is 5.56 Å². The quantitative estimate of drug-likeness (QED) is 0.730. The summed E-state index contributed by atoms with van der Waals surface area (Å²) in [4.78, 5) is 28.7. The van der Waals surface area contributed by atoms with E-state index in [9.17, 15) is 9.59 Å². The lowest BCUT2D eigenvalue weighted by atomic mass is 10.1.